The fourth-order valence-corrected chi connectivity index (χ4v) is 1.62. The number of nitrogens with zero attached hydrogens (tertiary/aromatic N) is 6. The van der Waals surface area contributed by atoms with Crippen molar-refractivity contribution >= 4 is 0 Å². The minimum absolute atomic E-state index is 0.0505. The molecule has 70 valence electrons. The van der Waals surface area contributed by atoms with E-state index in [0.29, 0.717) is 12.8 Å². The van der Waals surface area contributed by atoms with Crippen LogP contribution in [0.15, 0.2) is 10.2 Å². The average molecular weight is 182 g/mol. The first kappa shape index (κ1) is 9.67. The van der Waals surface area contributed by atoms with E-state index < -0.39 is 0 Å². The summed E-state index contributed by atoms with van der Waals surface area (Å²) in [5, 5.41) is 15.9. The highest BCUT2D eigenvalue weighted by Crippen LogP contribution is 2.30. The van der Waals surface area contributed by atoms with E-state index in [0.717, 1.165) is 0 Å². The van der Waals surface area contributed by atoms with Crippen LogP contribution in [0.5, 0.6) is 0 Å². The predicted molar refractivity (Wildman–Crippen MR) is 45.7 cm³/mol. The van der Waals surface area contributed by atoms with Crippen LogP contribution in [0.25, 0.3) is 20.9 Å². The Bertz CT molecular complexity index is 240. The molecule has 0 aromatic heterocycles. The molecule has 1 aliphatic carbocycles. The van der Waals surface area contributed by atoms with E-state index >= 15 is 0 Å². The lowest BCUT2D eigenvalue weighted by Gasteiger charge is -2.05. The van der Waals surface area contributed by atoms with Gasteiger partial charge in [0.05, 0.1) is 0 Å². The molecule has 0 spiro atoms. The van der Waals surface area contributed by atoms with Gasteiger partial charge in [0.2, 0.25) is 0 Å². The molecule has 1 rings (SSSR count). The van der Waals surface area contributed by atoms with E-state index in [-0.39, 0.29) is 24.6 Å². The summed E-state index contributed by atoms with van der Waals surface area (Å²) in [5.41, 5.74) is 16.5. The third-order valence-electron chi connectivity index (χ3n) is 2.25. The standard InChI is InChI=1S/C6H10N6O/c7-11-9-5-1-4(3-13)2-6(5)10-12-8/h4-6,13H,1-3H2. The van der Waals surface area contributed by atoms with Gasteiger partial charge in [-0.15, -0.1) is 0 Å². The summed E-state index contributed by atoms with van der Waals surface area (Å²) < 4.78 is 0. The topological polar surface area (TPSA) is 118 Å². The Kier molecular flexibility index (Phi) is 3.40. The molecule has 0 aliphatic heterocycles. The maximum atomic E-state index is 8.87. The van der Waals surface area contributed by atoms with Crippen LogP contribution in [0.4, 0.5) is 0 Å². The van der Waals surface area contributed by atoms with E-state index in [9.17, 15) is 0 Å². The summed E-state index contributed by atoms with van der Waals surface area (Å²) in [7, 11) is 0. The number of aliphatic hydroxyl groups is 1. The van der Waals surface area contributed by atoms with Crippen molar-refractivity contribution in [3.05, 3.63) is 20.9 Å². The Labute approximate surface area is 74.6 Å². The van der Waals surface area contributed by atoms with Crippen LogP contribution in [0.3, 0.4) is 0 Å². The summed E-state index contributed by atoms with van der Waals surface area (Å²) in [6.45, 7) is 0.0505. The average Bonchev–Trinajstić information content (AvgIpc) is 2.50. The lowest BCUT2D eigenvalue weighted by Crippen LogP contribution is -2.12. The first-order valence-corrected chi connectivity index (χ1v) is 4.01. The Hall–Kier alpha value is -1.42. The predicted octanol–water partition coefficient (Wildman–Crippen LogP) is 1.75. The Morgan fingerprint density at radius 1 is 1.15 bits per heavy atom. The molecule has 1 fully saturated rings. The van der Waals surface area contributed by atoms with Gasteiger partial charge in [0, 0.05) is 28.5 Å². The molecule has 1 aliphatic rings. The summed E-state index contributed by atoms with van der Waals surface area (Å²) in [6.07, 6.45) is 1.20. The minimum atomic E-state index is -0.293. The first-order valence-electron chi connectivity index (χ1n) is 4.01. The summed E-state index contributed by atoms with van der Waals surface area (Å²) in [4.78, 5) is 5.36. The number of rotatable bonds is 3. The molecule has 1 saturated carbocycles. The van der Waals surface area contributed by atoms with Crippen molar-refractivity contribution in [2.75, 3.05) is 6.61 Å². The molecule has 2 atom stereocenters. The van der Waals surface area contributed by atoms with Crippen molar-refractivity contribution in [3.8, 4) is 0 Å². The smallest absolute Gasteiger partial charge is 0.0462 e. The Morgan fingerprint density at radius 2 is 1.62 bits per heavy atom. The molecule has 0 aromatic rings. The molecule has 7 nitrogen and oxygen atoms in total. The van der Waals surface area contributed by atoms with E-state index in [4.69, 9.17) is 16.2 Å². The molecule has 13 heavy (non-hydrogen) atoms. The highest BCUT2D eigenvalue weighted by Gasteiger charge is 2.32. The van der Waals surface area contributed by atoms with Gasteiger partial charge in [0.25, 0.3) is 0 Å². The Morgan fingerprint density at radius 3 is 1.92 bits per heavy atom. The molecular formula is C6H10N6O. The molecule has 0 radical (unpaired) electrons. The van der Waals surface area contributed by atoms with Gasteiger partial charge in [-0.25, -0.2) is 0 Å². The quantitative estimate of drug-likeness (QED) is 0.399. The zero-order valence-corrected chi connectivity index (χ0v) is 6.98. The van der Waals surface area contributed by atoms with Crippen LogP contribution in [0.2, 0.25) is 0 Å². The van der Waals surface area contributed by atoms with Crippen molar-refractivity contribution in [3.63, 3.8) is 0 Å². The lowest BCUT2D eigenvalue weighted by atomic mass is 10.1. The lowest BCUT2D eigenvalue weighted by molar-refractivity contribution is 0.228. The van der Waals surface area contributed by atoms with Gasteiger partial charge in [0.15, 0.2) is 0 Å². The second-order valence-corrected chi connectivity index (χ2v) is 3.06. The van der Waals surface area contributed by atoms with Gasteiger partial charge in [-0.1, -0.05) is 10.2 Å². The van der Waals surface area contributed by atoms with Crippen molar-refractivity contribution in [2.24, 2.45) is 16.1 Å². The molecule has 7 heteroatoms. The van der Waals surface area contributed by atoms with Crippen molar-refractivity contribution in [1.82, 2.24) is 0 Å². The second kappa shape index (κ2) is 4.57. The minimum Gasteiger partial charge on any atom is -0.396 e. The van der Waals surface area contributed by atoms with Crippen molar-refractivity contribution in [2.45, 2.75) is 24.9 Å². The molecule has 2 unspecified atom stereocenters. The monoisotopic (exact) mass is 182 g/mol. The van der Waals surface area contributed by atoms with Gasteiger partial charge in [0.1, 0.15) is 0 Å². The van der Waals surface area contributed by atoms with Crippen molar-refractivity contribution in [1.29, 1.82) is 0 Å². The molecule has 0 saturated heterocycles. The maximum Gasteiger partial charge on any atom is 0.0462 e. The van der Waals surface area contributed by atoms with Crippen LogP contribution < -0.4 is 0 Å². The molecule has 0 aromatic carbocycles. The normalized spacial score (nSPS) is 31.9. The van der Waals surface area contributed by atoms with Crippen LogP contribution in [0, 0.1) is 5.92 Å². The summed E-state index contributed by atoms with van der Waals surface area (Å²) in [6, 6.07) is -0.587. The number of hydrogen-bond acceptors (Lipinski definition) is 3. The van der Waals surface area contributed by atoms with Gasteiger partial charge in [-0.05, 0) is 29.8 Å². The van der Waals surface area contributed by atoms with Gasteiger partial charge < -0.3 is 5.11 Å². The SMILES string of the molecule is [N-]=[N+]=NC1CC(CO)CC1N=[N+]=[N-]. The molecule has 0 heterocycles. The van der Waals surface area contributed by atoms with Crippen LogP contribution in [-0.4, -0.2) is 23.8 Å². The van der Waals surface area contributed by atoms with Crippen LogP contribution >= 0.6 is 0 Å². The zero-order chi connectivity index (χ0) is 9.68. The maximum absolute atomic E-state index is 8.87. The fourth-order valence-electron chi connectivity index (χ4n) is 1.62. The van der Waals surface area contributed by atoms with Gasteiger partial charge >= 0.3 is 0 Å². The summed E-state index contributed by atoms with van der Waals surface area (Å²) >= 11 is 0. The molecule has 0 amide bonds. The zero-order valence-electron chi connectivity index (χ0n) is 6.98. The molecule has 0 bridgehead atoms. The first-order chi connectivity index (χ1) is 6.31. The summed E-state index contributed by atoms with van der Waals surface area (Å²) in [5.74, 6) is 0.0889. The van der Waals surface area contributed by atoms with Gasteiger partial charge in [-0.2, -0.15) is 0 Å². The fraction of sp³-hybridized carbons (Fsp3) is 1.00. The van der Waals surface area contributed by atoms with Gasteiger partial charge in [-0.3, -0.25) is 0 Å². The van der Waals surface area contributed by atoms with E-state index in [1.807, 2.05) is 0 Å². The second-order valence-electron chi connectivity index (χ2n) is 3.06. The molecular weight excluding hydrogens is 172 g/mol. The van der Waals surface area contributed by atoms with Crippen molar-refractivity contribution < 1.29 is 5.11 Å². The van der Waals surface area contributed by atoms with Crippen LogP contribution in [0.1, 0.15) is 12.8 Å². The third kappa shape index (κ3) is 2.26. The number of hydrogen-bond donors (Lipinski definition) is 1. The van der Waals surface area contributed by atoms with E-state index in [2.05, 4.69) is 20.1 Å². The van der Waals surface area contributed by atoms with Crippen LogP contribution in [-0.2, 0) is 0 Å². The third-order valence-corrected chi connectivity index (χ3v) is 2.25. The van der Waals surface area contributed by atoms with E-state index in [1.165, 1.54) is 0 Å². The number of azide groups is 2. The number of aliphatic hydroxyl groups excluding tert-OH is 1. The highest BCUT2D eigenvalue weighted by atomic mass is 16.3. The largest absolute Gasteiger partial charge is 0.396 e. The highest BCUT2D eigenvalue weighted by molar-refractivity contribution is 4.93. The van der Waals surface area contributed by atoms with E-state index in [1.54, 1.807) is 0 Å². The Balaban J connectivity index is 2.69. The molecule has 1 N–H and O–H groups in total.